The summed E-state index contributed by atoms with van der Waals surface area (Å²) in [7, 11) is 6.67. The molecule has 0 unspecified atom stereocenters. The number of rotatable bonds is 2. The van der Waals surface area contributed by atoms with Crippen LogP contribution in [-0.4, -0.2) is 79.2 Å². The molecule has 0 aromatic heterocycles. The van der Waals surface area contributed by atoms with Crippen molar-refractivity contribution in [2.24, 2.45) is 0 Å². The average molecular weight is 506 g/mol. The van der Waals surface area contributed by atoms with Crippen LogP contribution in [0.4, 0.5) is 19.2 Å². The Bertz CT molecular complexity index is 668. The number of methoxy groups -OCH3 is 6. The standard InChI is InChI=1S/C10H10O4.4C2H4O3.C/c1-13-9(11)7-5-3-4-6-8(7)10(12)14-2;4*1-5-2(3)4;/h3-6H,1-2H3;4*1H3,(H,3,4);/q;;;;;+4/p-4. The number of carbonyl (C=O) groups excluding carboxylic acids is 6. The molecule has 1 aromatic carbocycles. The molecule has 0 N–H and O–H groups in total. The third-order valence-electron chi connectivity index (χ3n) is 2.40. The molecule has 16 heteroatoms. The molecule has 0 aliphatic carbocycles. The first-order valence-corrected chi connectivity index (χ1v) is 8.04. The Balaban J connectivity index is -0.000000120. The second kappa shape index (κ2) is 27.3. The predicted molar refractivity (Wildman–Crippen MR) is 102 cm³/mol. The van der Waals surface area contributed by atoms with Gasteiger partial charge in [-0.05, 0) is 12.1 Å². The van der Waals surface area contributed by atoms with Gasteiger partial charge in [0.15, 0.2) is 0 Å². The minimum Gasteiger partial charge on any atom is -0.553 e. The smallest absolute Gasteiger partial charge is 0.553 e. The molecular formula is C19H22O16. The molecule has 1 aromatic rings. The van der Waals surface area contributed by atoms with Gasteiger partial charge in [0.05, 0.1) is 25.3 Å². The number of ether oxygens (including phenoxy) is 6. The van der Waals surface area contributed by atoms with Crippen molar-refractivity contribution in [1.82, 2.24) is 0 Å². The summed E-state index contributed by atoms with van der Waals surface area (Å²) in [4.78, 5) is 58.6. The number of benzene rings is 1. The third-order valence-corrected chi connectivity index (χ3v) is 2.40. The summed E-state index contributed by atoms with van der Waals surface area (Å²) in [5, 5.41) is 36.1. The van der Waals surface area contributed by atoms with Gasteiger partial charge in [-0.15, -0.1) is 0 Å². The van der Waals surface area contributed by atoms with E-state index in [9.17, 15) is 9.59 Å². The molecule has 0 heterocycles. The quantitative estimate of drug-likeness (QED) is 0.291. The van der Waals surface area contributed by atoms with E-state index in [-0.39, 0.29) is 18.6 Å². The van der Waals surface area contributed by atoms with E-state index in [1.165, 1.54) is 26.4 Å². The Kier molecular flexibility index (Phi) is 31.6. The Labute approximate surface area is 200 Å². The number of hydrogen-bond donors (Lipinski definition) is 0. The zero-order valence-corrected chi connectivity index (χ0v) is 19.3. The summed E-state index contributed by atoms with van der Waals surface area (Å²) in [6.45, 7) is 0. The van der Waals surface area contributed by atoms with Crippen LogP contribution in [0.3, 0.4) is 0 Å². The van der Waals surface area contributed by atoms with E-state index in [1.807, 2.05) is 0 Å². The van der Waals surface area contributed by atoms with Crippen molar-refractivity contribution < 1.29 is 77.6 Å². The van der Waals surface area contributed by atoms with Gasteiger partial charge in [-0.25, -0.2) is 9.59 Å². The largest absolute Gasteiger partial charge is 4.00 e. The molecule has 0 spiro atoms. The van der Waals surface area contributed by atoms with Gasteiger partial charge in [0.2, 0.25) is 0 Å². The molecule has 0 aliphatic heterocycles. The second-order valence-corrected chi connectivity index (χ2v) is 4.35. The van der Waals surface area contributed by atoms with E-state index in [0.717, 1.165) is 28.4 Å². The average Bonchev–Trinajstić information content (AvgIpc) is 2.84. The van der Waals surface area contributed by atoms with Gasteiger partial charge < -0.3 is 68.0 Å². The fourth-order valence-electron chi connectivity index (χ4n) is 1.06. The zero-order valence-electron chi connectivity index (χ0n) is 19.3. The normalized spacial score (nSPS) is 7.49. The van der Waals surface area contributed by atoms with Crippen molar-refractivity contribution in [3.63, 3.8) is 0 Å². The molecular weight excluding hydrogens is 484 g/mol. The van der Waals surface area contributed by atoms with Gasteiger partial charge in [-0.3, -0.25) is 0 Å². The van der Waals surface area contributed by atoms with Crippen LogP contribution in [0.25, 0.3) is 0 Å². The van der Waals surface area contributed by atoms with E-state index in [0.29, 0.717) is 0 Å². The summed E-state index contributed by atoms with van der Waals surface area (Å²) < 4.78 is 23.3. The Hall–Kier alpha value is -4.76. The molecule has 0 radical (unpaired) electrons. The van der Waals surface area contributed by atoms with E-state index in [2.05, 4.69) is 28.4 Å². The first kappa shape index (κ1) is 40.6. The summed E-state index contributed by atoms with van der Waals surface area (Å²) >= 11 is 0. The monoisotopic (exact) mass is 506 g/mol. The van der Waals surface area contributed by atoms with Gasteiger partial charge in [-0.2, -0.15) is 0 Å². The van der Waals surface area contributed by atoms with Crippen molar-refractivity contribution in [2.75, 3.05) is 42.7 Å². The van der Waals surface area contributed by atoms with E-state index in [4.69, 9.17) is 39.6 Å². The molecule has 0 bridgehead atoms. The maximum atomic E-state index is 11.2. The molecule has 0 fully saturated rings. The summed E-state index contributed by atoms with van der Waals surface area (Å²) in [5.74, 6) is -1.10. The van der Waals surface area contributed by atoms with Crippen molar-refractivity contribution >= 4 is 36.6 Å². The fourth-order valence-corrected chi connectivity index (χ4v) is 1.06. The van der Waals surface area contributed by atoms with Gasteiger partial charge in [0.25, 0.3) is 24.6 Å². The van der Waals surface area contributed by atoms with E-state index < -0.39 is 36.6 Å². The van der Waals surface area contributed by atoms with Crippen molar-refractivity contribution in [1.29, 1.82) is 0 Å². The SMILES string of the molecule is COC(=O)[O-].COC(=O)[O-].COC(=O)[O-].COC(=O)[O-].COC(=O)c1ccccc1C(=O)OC.[C+4]. The maximum absolute atomic E-state index is 11.2. The van der Waals surface area contributed by atoms with Crippen LogP contribution in [0.2, 0.25) is 0 Å². The molecule has 0 saturated carbocycles. The maximum Gasteiger partial charge on any atom is 4.00 e. The van der Waals surface area contributed by atoms with Crippen molar-refractivity contribution in [2.45, 2.75) is 0 Å². The summed E-state index contributed by atoms with van der Waals surface area (Å²) in [6, 6.07) is 6.33. The van der Waals surface area contributed by atoms with E-state index in [1.54, 1.807) is 12.1 Å². The predicted octanol–water partition coefficient (Wildman–Crippen LogP) is -2.75. The van der Waals surface area contributed by atoms with Crippen LogP contribution in [0.5, 0.6) is 0 Å². The Morgan fingerprint density at radius 1 is 0.486 bits per heavy atom. The molecule has 0 atom stereocenters. The molecule has 0 amide bonds. The molecule has 35 heavy (non-hydrogen) atoms. The minimum atomic E-state index is -1.50. The Morgan fingerprint density at radius 3 is 0.771 bits per heavy atom. The van der Waals surface area contributed by atoms with Crippen molar-refractivity contribution in [3.8, 4) is 0 Å². The number of carboxylic acid groups (broad SMARTS) is 4. The number of carbonyl (C=O) groups is 6. The second-order valence-electron chi connectivity index (χ2n) is 4.35. The topological polar surface area (TPSA) is 250 Å². The zero-order chi connectivity index (χ0) is 27.7. The van der Waals surface area contributed by atoms with E-state index >= 15 is 0 Å². The van der Waals surface area contributed by atoms with Crippen LogP contribution in [0.15, 0.2) is 24.3 Å². The van der Waals surface area contributed by atoms with Gasteiger partial charge in [0, 0.05) is 28.4 Å². The minimum absolute atomic E-state index is 0. The summed E-state index contributed by atoms with van der Waals surface area (Å²) in [5.41, 5.74) is 0.420. The molecule has 16 nitrogen and oxygen atoms in total. The van der Waals surface area contributed by atoms with Crippen LogP contribution in [0, 0.1) is 7.43 Å². The molecule has 0 aliphatic rings. The molecule has 194 valence electrons. The first-order chi connectivity index (χ1) is 15.8. The van der Waals surface area contributed by atoms with Gasteiger partial charge in [0.1, 0.15) is 0 Å². The van der Waals surface area contributed by atoms with Crippen LogP contribution < -0.4 is 20.4 Å². The molecule has 0 saturated heterocycles. The third kappa shape index (κ3) is 31.5. The summed E-state index contributed by atoms with van der Waals surface area (Å²) in [6.07, 6.45) is -5.98. The van der Waals surface area contributed by atoms with Gasteiger partial charge >= 0.3 is 19.4 Å². The molecule has 1 rings (SSSR count). The van der Waals surface area contributed by atoms with Crippen LogP contribution >= 0.6 is 0 Å². The van der Waals surface area contributed by atoms with Crippen molar-refractivity contribution in [3.05, 3.63) is 42.8 Å². The number of hydrogen-bond acceptors (Lipinski definition) is 16. The van der Waals surface area contributed by atoms with Crippen LogP contribution in [0.1, 0.15) is 20.7 Å². The van der Waals surface area contributed by atoms with Crippen LogP contribution in [-0.2, 0) is 28.4 Å². The first-order valence-electron chi connectivity index (χ1n) is 8.04. The number of esters is 2. The Morgan fingerprint density at radius 2 is 0.657 bits per heavy atom. The van der Waals surface area contributed by atoms with Gasteiger partial charge in [-0.1, -0.05) is 12.1 Å². The fraction of sp³-hybridized carbons (Fsp3) is 0.316.